The molecule has 0 atom stereocenters. The summed E-state index contributed by atoms with van der Waals surface area (Å²) >= 11 is 1.32. The Hall–Kier alpha value is -1.86. The molecule has 4 heteroatoms. The Morgan fingerprint density at radius 3 is 2.94 bits per heavy atom. The molecule has 0 amide bonds. The number of fused-ring (bicyclic) bond motifs is 1. The number of nitriles is 1. The molecule has 18 heavy (non-hydrogen) atoms. The summed E-state index contributed by atoms with van der Waals surface area (Å²) in [5.74, 6) is 0.426. The van der Waals surface area contributed by atoms with Crippen molar-refractivity contribution in [3.8, 4) is 6.07 Å². The van der Waals surface area contributed by atoms with Gasteiger partial charge in [0.1, 0.15) is 16.9 Å². The summed E-state index contributed by atoms with van der Waals surface area (Å²) in [5, 5.41) is 10.7. The van der Waals surface area contributed by atoms with Gasteiger partial charge in [0.2, 0.25) is 0 Å². The zero-order valence-corrected chi connectivity index (χ0v) is 11.0. The van der Waals surface area contributed by atoms with E-state index in [1.54, 1.807) is 0 Å². The minimum atomic E-state index is 0.0792. The molecule has 0 spiro atoms. The Kier molecular flexibility index (Phi) is 3.63. The van der Waals surface area contributed by atoms with Gasteiger partial charge in [-0.25, -0.2) is 4.98 Å². The number of hydrogen-bond acceptors (Lipinski definition) is 4. The zero-order chi connectivity index (χ0) is 13.1. The van der Waals surface area contributed by atoms with E-state index in [1.807, 2.05) is 31.2 Å². The maximum atomic E-state index is 11.0. The number of para-hydroxylation sites is 1. The van der Waals surface area contributed by atoms with E-state index in [0.29, 0.717) is 16.3 Å². The Morgan fingerprint density at radius 1 is 1.50 bits per heavy atom. The number of thioether (sulfide) groups is 1. The number of ketones is 1. The lowest BCUT2D eigenvalue weighted by Gasteiger charge is -2.06. The van der Waals surface area contributed by atoms with Crippen LogP contribution in [0, 0.1) is 18.3 Å². The number of nitrogens with zero attached hydrogens (tertiary/aromatic N) is 2. The molecule has 3 nitrogen and oxygen atoms in total. The number of carbonyl (C=O) groups is 1. The first kappa shape index (κ1) is 12.6. The first-order chi connectivity index (χ1) is 8.61. The second-order valence-electron chi connectivity index (χ2n) is 4.09. The number of aromatic nitrogens is 1. The first-order valence-electron chi connectivity index (χ1n) is 5.54. The molecule has 2 aromatic rings. The molecule has 0 aliphatic heterocycles. The third-order valence-corrected chi connectivity index (χ3v) is 3.68. The maximum Gasteiger partial charge on any atom is 0.140 e. The summed E-state index contributed by atoms with van der Waals surface area (Å²) in [7, 11) is 0. The number of benzene rings is 1. The predicted octanol–water partition coefficient (Wildman–Crippen LogP) is 3.10. The van der Waals surface area contributed by atoms with Gasteiger partial charge >= 0.3 is 0 Å². The van der Waals surface area contributed by atoms with E-state index < -0.39 is 0 Å². The van der Waals surface area contributed by atoms with Crippen molar-refractivity contribution in [1.29, 1.82) is 5.26 Å². The number of hydrogen-bond donors (Lipinski definition) is 0. The largest absolute Gasteiger partial charge is 0.299 e. The highest BCUT2D eigenvalue weighted by molar-refractivity contribution is 8.00. The lowest BCUT2D eigenvalue weighted by Crippen LogP contribution is -1.97. The van der Waals surface area contributed by atoms with Crippen LogP contribution in [0.4, 0.5) is 0 Å². The van der Waals surface area contributed by atoms with E-state index in [-0.39, 0.29) is 5.78 Å². The summed E-state index contributed by atoms with van der Waals surface area (Å²) < 4.78 is 0. The highest BCUT2D eigenvalue weighted by atomic mass is 32.2. The fraction of sp³-hybridized carbons (Fsp3) is 0.214. The highest BCUT2D eigenvalue weighted by Gasteiger charge is 2.09. The minimum absolute atomic E-state index is 0.0792. The maximum absolute atomic E-state index is 11.0. The fourth-order valence-electron chi connectivity index (χ4n) is 1.69. The van der Waals surface area contributed by atoms with Crippen molar-refractivity contribution in [2.75, 3.05) is 5.75 Å². The molecule has 1 aromatic heterocycles. The van der Waals surface area contributed by atoms with Gasteiger partial charge in [-0.3, -0.25) is 4.79 Å². The number of Topliss-reactive ketones (excluding diaryl/α,β-unsaturated/α-hetero) is 1. The van der Waals surface area contributed by atoms with Gasteiger partial charge in [-0.2, -0.15) is 5.26 Å². The summed E-state index contributed by atoms with van der Waals surface area (Å²) in [6, 6.07) is 9.84. The van der Waals surface area contributed by atoms with Crippen molar-refractivity contribution >= 4 is 28.4 Å². The standard InChI is InChI=1S/C14H12N2OS/c1-9-4-3-5-11-6-12(7-15)14(16-13(9)11)18-8-10(2)17/h3-6H,8H2,1-2H3. The van der Waals surface area contributed by atoms with E-state index in [9.17, 15) is 4.79 Å². The molecule has 0 N–H and O–H groups in total. The smallest absolute Gasteiger partial charge is 0.140 e. The molecule has 90 valence electrons. The van der Waals surface area contributed by atoms with Gasteiger partial charge in [0.15, 0.2) is 0 Å². The lowest BCUT2D eigenvalue weighted by atomic mass is 10.1. The molecule has 2 rings (SSSR count). The number of aryl methyl sites for hydroxylation is 1. The second kappa shape index (κ2) is 5.19. The van der Waals surface area contributed by atoms with Crippen molar-refractivity contribution < 1.29 is 4.79 Å². The van der Waals surface area contributed by atoms with Crippen molar-refractivity contribution in [3.63, 3.8) is 0 Å². The van der Waals surface area contributed by atoms with Crippen molar-refractivity contribution in [1.82, 2.24) is 4.98 Å². The zero-order valence-electron chi connectivity index (χ0n) is 10.2. The van der Waals surface area contributed by atoms with Gasteiger partial charge in [0, 0.05) is 5.39 Å². The molecule has 0 radical (unpaired) electrons. The van der Waals surface area contributed by atoms with Crippen LogP contribution in [-0.2, 0) is 4.79 Å². The van der Waals surface area contributed by atoms with E-state index in [0.717, 1.165) is 16.5 Å². The average Bonchev–Trinajstić information content (AvgIpc) is 2.36. The van der Waals surface area contributed by atoms with E-state index >= 15 is 0 Å². The minimum Gasteiger partial charge on any atom is -0.299 e. The molecule has 0 fully saturated rings. The summed E-state index contributed by atoms with van der Waals surface area (Å²) in [6.07, 6.45) is 0. The molecule has 0 bridgehead atoms. The van der Waals surface area contributed by atoms with Crippen LogP contribution in [0.3, 0.4) is 0 Å². The number of rotatable bonds is 3. The van der Waals surface area contributed by atoms with E-state index in [2.05, 4.69) is 11.1 Å². The predicted molar refractivity (Wildman–Crippen MR) is 72.6 cm³/mol. The molecular formula is C14H12N2OS. The normalized spacial score (nSPS) is 10.3. The van der Waals surface area contributed by atoms with Gasteiger partial charge in [0.05, 0.1) is 16.8 Å². The van der Waals surface area contributed by atoms with Gasteiger partial charge in [-0.15, -0.1) is 0 Å². The molecule has 0 unspecified atom stereocenters. The molecule has 0 saturated carbocycles. The van der Waals surface area contributed by atoms with Crippen LogP contribution in [-0.4, -0.2) is 16.5 Å². The number of carbonyl (C=O) groups excluding carboxylic acids is 1. The first-order valence-corrected chi connectivity index (χ1v) is 6.53. The fourth-order valence-corrected chi connectivity index (χ4v) is 2.45. The highest BCUT2D eigenvalue weighted by Crippen LogP contribution is 2.26. The summed E-state index contributed by atoms with van der Waals surface area (Å²) in [5.41, 5.74) is 2.49. The Morgan fingerprint density at radius 2 is 2.28 bits per heavy atom. The van der Waals surface area contributed by atoms with Gasteiger partial charge < -0.3 is 0 Å². The SMILES string of the molecule is CC(=O)CSc1nc2c(C)cccc2cc1C#N. The molecule has 1 heterocycles. The molecule has 0 saturated heterocycles. The third kappa shape index (κ3) is 2.52. The molecule has 1 aromatic carbocycles. The van der Waals surface area contributed by atoms with E-state index in [4.69, 9.17) is 5.26 Å². The Balaban J connectivity index is 2.54. The van der Waals surface area contributed by atoms with Gasteiger partial charge in [-0.05, 0) is 25.5 Å². The molecular weight excluding hydrogens is 244 g/mol. The molecule has 0 aliphatic rings. The van der Waals surface area contributed by atoms with Crippen LogP contribution < -0.4 is 0 Å². The average molecular weight is 256 g/mol. The van der Waals surface area contributed by atoms with Crippen LogP contribution in [0.5, 0.6) is 0 Å². The van der Waals surface area contributed by atoms with Crippen LogP contribution in [0.2, 0.25) is 0 Å². The second-order valence-corrected chi connectivity index (χ2v) is 5.05. The lowest BCUT2D eigenvalue weighted by molar-refractivity contribution is -0.114. The number of pyridine rings is 1. The Labute approximate surface area is 110 Å². The van der Waals surface area contributed by atoms with Crippen molar-refractivity contribution in [3.05, 3.63) is 35.4 Å². The molecule has 0 aliphatic carbocycles. The van der Waals surface area contributed by atoms with Crippen LogP contribution in [0.25, 0.3) is 10.9 Å². The summed E-state index contributed by atoms with van der Waals surface area (Å²) in [6.45, 7) is 3.52. The van der Waals surface area contributed by atoms with Crippen LogP contribution in [0.15, 0.2) is 29.3 Å². The van der Waals surface area contributed by atoms with Gasteiger partial charge in [0.25, 0.3) is 0 Å². The Bertz CT molecular complexity index is 659. The van der Waals surface area contributed by atoms with Gasteiger partial charge in [-0.1, -0.05) is 30.0 Å². The van der Waals surface area contributed by atoms with Crippen molar-refractivity contribution in [2.24, 2.45) is 0 Å². The topological polar surface area (TPSA) is 53.8 Å². The van der Waals surface area contributed by atoms with Crippen LogP contribution >= 0.6 is 11.8 Å². The van der Waals surface area contributed by atoms with Crippen LogP contribution in [0.1, 0.15) is 18.1 Å². The third-order valence-electron chi connectivity index (χ3n) is 2.55. The summed E-state index contributed by atoms with van der Waals surface area (Å²) in [4.78, 5) is 15.5. The van der Waals surface area contributed by atoms with Crippen molar-refractivity contribution in [2.45, 2.75) is 18.9 Å². The van der Waals surface area contributed by atoms with E-state index in [1.165, 1.54) is 18.7 Å². The quantitative estimate of drug-likeness (QED) is 0.792. The monoisotopic (exact) mass is 256 g/mol.